The highest BCUT2D eigenvalue weighted by Crippen LogP contribution is 2.32. The summed E-state index contributed by atoms with van der Waals surface area (Å²) in [5.74, 6) is -3.08. The number of hydrogen-bond acceptors (Lipinski definition) is 2. The van der Waals surface area contributed by atoms with Gasteiger partial charge in [0.1, 0.15) is 23.3 Å². The van der Waals surface area contributed by atoms with Gasteiger partial charge < -0.3 is 10.3 Å². The van der Waals surface area contributed by atoms with E-state index >= 15 is 0 Å². The van der Waals surface area contributed by atoms with Gasteiger partial charge in [0.05, 0.1) is 17.3 Å². The number of aromatic amines is 1. The van der Waals surface area contributed by atoms with Crippen LogP contribution in [0.15, 0.2) is 54.9 Å². The summed E-state index contributed by atoms with van der Waals surface area (Å²) in [4.78, 5) is 18.8. The lowest BCUT2D eigenvalue weighted by Gasteiger charge is -2.08. The maximum Gasteiger partial charge on any atom is 0.252 e. The van der Waals surface area contributed by atoms with Crippen molar-refractivity contribution in [3.8, 4) is 11.3 Å². The van der Waals surface area contributed by atoms with Crippen molar-refractivity contribution in [2.45, 2.75) is 6.42 Å². The van der Waals surface area contributed by atoms with Crippen LogP contribution in [0.5, 0.6) is 0 Å². The zero-order chi connectivity index (χ0) is 21.3. The predicted octanol–water partition coefficient (Wildman–Crippen LogP) is 4.76. The lowest BCUT2D eigenvalue weighted by atomic mass is 10.0. The monoisotopic (exact) mass is 413 g/mol. The molecule has 4 nitrogen and oxygen atoms in total. The number of nitrogens with zero attached hydrogens (tertiary/aromatic N) is 1. The summed E-state index contributed by atoms with van der Waals surface area (Å²) in [5.41, 5.74) is 1.82. The first-order valence-corrected chi connectivity index (χ1v) is 9.06. The second-order valence-electron chi connectivity index (χ2n) is 6.69. The Kier molecular flexibility index (Phi) is 5.22. The zero-order valence-electron chi connectivity index (χ0n) is 15.5. The first-order valence-electron chi connectivity index (χ1n) is 9.06. The van der Waals surface area contributed by atoms with E-state index in [1.165, 1.54) is 36.5 Å². The first kappa shape index (κ1) is 19.6. The number of aromatic nitrogens is 2. The van der Waals surface area contributed by atoms with Crippen LogP contribution in [-0.4, -0.2) is 22.4 Å². The van der Waals surface area contributed by atoms with Crippen LogP contribution in [-0.2, 0) is 6.42 Å². The number of amides is 1. The molecule has 0 bridgehead atoms. The molecule has 0 saturated heterocycles. The summed E-state index contributed by atoms with van der Waals surface area (Å²) in [6.45, 7) is 0.120. The third-order valence-corrected chi connectivity index (χ3v) is 4.69. The van der Waals surface area contributed by atoms with Crippen molar-refractivity contribution in [3.05, 3.63) is 89.3 Å². The number of rotatable bonds is 5. The van der Waals surface area contributed by atoms with Crippen LogP contribution in [0.25, 0.3) is 22.2 Å². The molecule has 2 aromatic heterocycles. The zero-order valence-corrected chi connectivity index (χ0v) is 15.5. The van der Waals surface area contributed by atoms with Gasteiger partial charge in [0.15, 0.2) is 0 Å². The molecular weight excluding hydrogens is 398 g/mol. The van der Waals surface area contributed by atoms with E-state index in [0.29, 0.717) is 22.2 Å². The second kappa shape index (κ2) is 7.98. The summed E-state index contributed by atoms with van der Waals surface area (Å²) in [6, 6.07) is 8.61. The molecule has 0 unspecified atom stereocenters. The van der Waals surface area contributed by atoms with Gasteiger partial charge in [-0.15, -0.1) is 0 Å². The number of H-pyrrole nitrogens is 1. The molecule has 0 aliphatic heterocycles. The smallest absolute Gasteiger partial charge is 0.252 e. The van der Waals surface area contributed by atoms with E-state index in [9.17, 15) is 22.4 Å². The van der Waals surface area contributed by atoms with Crippen LogP contribution >= 0.6 is 0 Å². The largest absolute Gasteiger partial charge is 0.352 e. The number of pyridine rings is 1. The fraction of sp³-hybridized carbons (Fsp3) is 0.0909. The van der Waals surface area contributed by atoms with Crippen molar-refractivity contribution in [2.24, 2.45) is 0 Å². The van der Waals surface area contributed by atoms with Crippen LogP contribution in [0.1, 0.15) is 15.9 Å². The van der Waals surface area contributed by atoms with E-state index in [2.05, 4.69) is 15.3 Å². The summed E-state index contributed by atoms with van der Waals surface area (Å²) in [5, 5.41) is 2.97. The fourth-order valence-electron chi connectivity index (χ4n) is 3.34. The molecule has 0 fully saturated rings. The molecule has 152 valence electrons. The molecule has 0 aliphatic rings. The maximum absolute atomic E-state index is 14.3. The number of fused-ring (bicyclic) bond motifs is 1. The Balaban J connectivity index is 1.65. The second-order valence-corrected chi connectivity index (χ2v) is 6.69. The van der Waals surface area contributed by atoms with E-state index in [4.69, 9.17) is 0 Å². The molecule has 2 heterocycles. The summed E-state index contributed by atoms with van der Waals surface area (Å²) in [6.07, 6.45) is 2.45. The molecule has 4 aromatic rings. The Morgan fingerprint density at radius 3 is 2.43 bits per heavy atom. The molecule has 30 heavy (non-hydrogen) atoms. The molecular formula is C22H15F4N3O. The fourth-order valence-corrected chi connectivity index (χ4v) is 3.34. The number of hydrogen-bond donors (Lipinski definition) is 2. The Morgan fingerprint density at radius 1 is 0.933 bits per heavy atom. The number of halogens is 4. The van der Waals surface area contributed by atoms with Gasteiger partial charge in [0, 0.05) is 29.9 Å². The van der Waals surface area contributed by atoms with Crippen molar-refractivity contribution in [1.82, 2.24) is 15.3 Å². The molecule has 2 N–H and O–H groups in total. The van der Waals surface area contributed by atoms with Crippen LogP contribution in [0, 0.1) is 23.3 Å². The highest BCUT2D eigenvalue weighted by atomic mass is 19.1. The van der Waals surface area contributed by atoms with Crippen molar-refractivity contribution >= 4 is 16.8 Å². The lowest BCUT2D eigenvalue weighted by Crippen LogP contribution is -2.26. The predicted molar refractivity (Wildman–Crippen MR) is 104 cm³/mol. The van der Waals surface area contributed by atoms with Gasteiger partial charge in [0.25, 0.3) is 5.91 Å². The van der Waals surface area contributed by atoms with Crippen LogP contribution in [0.3, 0.4) is 0 Å². The summed E-state index contributed by atoms with van der Waals surface area (Å²) in [7, 11) is 0. The van der Waals surface area contributed by atoms with Crippen LogP contribution in [0.2, 0.25) is 0 Å². The summed E-state index contributed by atoms with van der Waals surface area (Å²) < 4.78 is 54.7. The molecule has 1 amide bonds. The number of carbonyl (C=O) groups excluding carboxylic acids is 1. The quantitative estimate of drug-likeness (QED) is 0.464. The Morgan fingerprint density at radius 2 is 1.70 bits per heavy atom. The molecule has 0 saturated carbocycles. The van der Waals surface area contributed by atoms with E-state index in [1.54, 1.807) is 0 Å². The van der Waals surface area contributed by atoms with Crippen molar-refractivity contribution in [2.75, 3.05) is 6.54 Å². The van der Waals surface area contributed by atoms with Gasteiger partial charge in [-0.25, -0.2) is 17.6 Å². The van der Waals surface area contributed by atoms with Crippen LogP contribution < -0.4 is 5.32 Å². The molecule has 0 aliphatic carbocycles. The van der Waals surface area contributed by atoms with Gasteiger partial charge in [-0.05, 0) is 53.9 Å². The number of carbonyl (C=O) groups is 1. The minimum atomic E-state index is -0.755. The molecule has 8 heteroatoms. The molecule has 2 aromatic carbocycles. The number of nitrogens with one attached hydrogen (secondary N) is 2. The molecule has 0 atom stereocenters. The maximum atomic E-state index is 14.3. The van der Waals surface area contributed by atoms with Gasteiger partial charge in [-0.2, -0.15) is 0 Å². The van der Waals surface area contributed by atoms with Crippen LogP contribution in [0.4, 0.5) is 17.6 Å². The van der Waals surface area contributed by atoms with Gasteiger partial charge in [-0.1, -0.05) is 0 Å². The standard InChI is InChI=1S/C22H15F4N3O/c23-14-3-1-12(2-4-14)20-17(18-8-15(24)9-19(26)21(18)29-20)5-6-28-22(30)13-7-16(25)11-27-10-13/h1-4,7-11,29H,5-6H2,(H,28,30). The highest BCUT2D eigenvalue weighted by molar-refractivity contribution is 5.94. The Hall–Kier alpha value is -3.68. The van der Waals surface area contributed by atoms with Crippen molar-refractivity contribution in [3.63, 3.8) is 0 Å². The van der Waals surface area contributed by atoms with E-state index < -0.39 is 29.2 Å². The Labute approximate surface area is 168 Å². The molecule has 0 spiro atoms. The Bertz CT molecular complexity index is 1240. The number of benzene rings is 2. The lowest BCUT2D eigenvalue weighted by molar-refractivity contribution is 0.0953. The van der Waals surface area contributed by atoms with Gasteiger partial charge >= 0.3 is 0 Å². The van der Waals surface area contributed by atoms with E-state index in [-0.39, 0.29) is 24.0 Å². The van der Waals surface area contributed by atoms with Gasteiger partial charge in [-0.3, -0.25) is 9.78 Å². The van der Waals surface area contributed by atoms with E-state index in [1.807, 2.05) is 0 Å². The third-order valence-electron chi connectivity index (χ3n) is 4.69. The summed E-state index contributed by atoms with van der Waals surface area (Å²) >= 11 is 0. The van der Waals surface area contributed by atoms with Crippen molar-refractivity contribution in [1.29, 1.82) is 0 Å². The average molecular weight is 413 g/mol. The highest BCUT2D eigenvalue weighted by Gasteiger charge is 2.17. The molecule has 4 rings (SSSR count). The SMILES string of the molecule is O=C(NCCc1c(-c2ccc(F)cc2)[nH]c2c(F)cc(F)cc12)c1cncc(F)c1. The average Bonchev–Trinajstić information content (AvgIpc) is 3.07. The topological polar surface area (TPSA) is 57.8 Å². The first-order chi connectivity index (χ1) is 14.4. The normalized spacial score (nSPS) is 11.1. The van der Waals surface area contributed by atoms with E-state index in [0.717, 1.165) is 18.3 Å². The minimum absolute atomic E-state index is 0.0600. The van der Waals surface area contributed by atoms with Gasteiger partial charge in [0.2, 0.25) is 0 Å². The third kappa shape index (κ3) is 3.89. The molecule has 0 radical (unpaired) electrons. The van der Waals surface area contributed by atoms with Crippen molar-refractivity contribution < 1.29 is 22.4 Å². The minimum Gasteiger partial charge on any atom is -0.352 e.